The molecule has 2 nitrogen and oxygen atoms in total. The van der Waals surface area contributed by atoms with E-state index >= 15 is 0 Å². The van der Waals surface area contributed by atoms with Crippen LogP contribution in [0.4, 0.5) is 0 Å². The Labute approximate surface area is 93.7 Å². The second kappa shape index (κ2) is 4.06. The van der Waals surface area contributed by atoms with Crippen LogP contribution in [0, 0.1) is 11.3 Å². The zero-order valence-corrected chi connectivity index (χ0v) is 10.4. The average molecular weight is 211 g/mol. The standard InChI is InChI=1S/C13H25NO/c1-10-6-11(8-13(2,3)7-10)14-5-4-12(15)9-14/h10-12,15H,4-9H2,1-3H3/t10-,11-,12-/m1/s1. The molecule has 1 heterocycles. The summed E-state index contributed by atoms with van der Waals surface area (Å²) in [6, 6.07) is 0.723. The lowest BCUT2D eigenvalue weighted by atomic mass is 9.70. The molecule has 1 saturated carbocycles. The van der Waals surface area contributed by atoms with Crippen LogP contribution in [0.2, 0.25) is 0 Å². The van der Waals surface area contributed by atoms with E-state index in [1.54, 1.807) is 0 Å². The third-order valence-corrected chi connectivity index (χ3v) is 4.07. The van der Waals surface area contributed by atoms with E-state index in [9.17, 15) is 5.11 Å². The van der Waals surface area contributed by atoms with Crippen molar-refractivity contribution < 1.29 is 5.11 Å². The first-order chi connectivity index (χ1) is 6.96. The zero-order chi connectivity index (χ0) is 11.1. The molecule has 0 aromatic rings. The predicted molar refractivity (Wildman–Crippen MR) is 62.8 cm³/mol. The number of rotatable bonds is 1. The largest absolute Gasteiger partial charge is 0.392 e. The molecule has 0 unspecified atom stereocenters. The van der Waals surface area contributed by atoms with Crippen molar-refractivity contribution in [2.24, 2.45) is 11.3 Å². The van der Waals surface area contributed by atoms with Crippen LogP contribution in [-0.4, -0.2) is 35.2 Å². The minimum atomic E-state index is -0.0645. The highest BCUT2D eigenvalue weighted by Gasteiger charge is 2.36. The summed E-state index contributed by atoms with van der Waals surface area (Å²) in [6.07, 6.45) is 4.91. The van der Waals surface area contributed by atoms with Gasteiger partial charge < -0.3 is 5.11 Å². The van der Waals surface area contributed by atoms with E-state index < -0.39 is 0 Å². The van der Waals surface area contributed by atoms with Crippen LogP contribution in [0.5, 0.6) is 0 Å². The normalized spacial score (nSPS) is 42.0. The number of likely N-dealkylation sites (tertiary alicyclic amines) is 1. The van der Waals surface area contributed by atoms with Gasteiger partial charge in [-0.3, -0.25) is 4.90 Å². The molecule has 2 aliphatic rings. The van der Waals surface area contributed by atoms with Gasteiger partial charge in [-0.25, -0.2) is 0 Å². The molecular formula is C13H25NO. The fraction of sp³-hybridized carbons (Fsp3) is 1.00. The molecule has 2 fully saturated rings. The van der Waals surface area contributed by atoms with E-state index in [2.05, 4.69) is 25.7 Å². The number of aliphatic hydroxyl groups is 1. The van der Waals surface area contributed by atoms with Crippen molar-refractivity contribution >= 4 is 0 Å². The lowest BCUT2D eigenvalue weighted by molar-refractivity contribution is 0.0713. The Bertz CT molecular complexity index is 227. The maximum atomic E-state index is 9.58. The first kappa shape index (κ1) is 11.4. The van der Waals surface area contributed by atoms with Crippen LogP contribution >= 0.6 is 0 Å². The van der Waals surface area contributed by atoms with Crippen LogP contribution in [0.15, 0.2) is 0 Å². The van der Waals surface area contributed by atoms with Gasteiger partial charge in [-0.1, -0.05) is 20.8 Å². The van der Waals surface area contributed by atoms with Crippen molar-refractivity contribution in [3.8, 4) is 0 Å². The van der Waals surface area contributed by atoms with Crippen molar-refractivity contribution in [2.75, 3.05) is 13.1 Å². The molecule has 1 aliphatic carbocycles. The molecule has 0 aromatic carbocycles. The van der Waals surface area contributed by atoms with Crippen molar-refractivity contribution in [3.05, 3.63) is 0 Å². The molecule has 1 saturated heterocycles. The number of hydrogen-bond donors (Lipinski definition) is 1. The SMILES string of the molecule is C[C@@H]1C[C@@H](N2CC[C@@H](O)C2)CC(C)(C)C1. The number of hydrogen-bond acceptors (Lipinski definition) is 2. The summed E-state index contributed by atoms with van der Waals surface area (Å²) in [7, 11) is 0. The Morgan fingerprint density at radius 1 is 1.27 bits per heavy atom. The Morgan fingerprint density at radius 2 is 2.00 bits per heavy atom. The average Bonchev–Trinajstić information content (AvgIpc) is 2.48. The Kier molecular flexibility index (Phi) is 3.09. The maximum Gasteiger partial charge on any atom is 0.0679 e. The van der Waals surface area contributed by atoms with E-state index in [1.807, 2.05) is 0 Å². The summed E-state index contributed by atoms with van der Waals surface area (Å²) < 4.78 is 0. The van der Waals surface area contributed by atoms with Gasteiger partial charge in [0.05, 0.1) is 6.10 Å². The first-order valence-electron chi connectivity index (χ1n) is 6.38. The molecule has 15 heavy (non-hydrogen) atoms. The van der Waals surface area contributed by atoms with Crippen LogP contribution in [0.1, 0.15) is 46.5 Å². The van der Waals surface area contributed by atoms with Crippen LogP contribution < -0.4 is 0 Å². The molecule has 2 rings (SSSR count). The number of nitrogens with zero attached hydrogens (tertiary/aromatic N) is 1. The van der Waals surface area contributed by atoms with Crippen LogP contribution in [-0.2, 0) is 0 Å². The quantitative estimate of drug-likeness (QED) is 0.719. The van der Waals surface area contributed by atoms with Gasteiger partial charge in [0.1, 0.15) is 0 Å². The topological polar surface area (TPSA) is 23.5 Å². The van der Waals surface area contributed by atoms with E-state index in [0.29, 0.717) is 5.41 Å². The van der Waals surface area contributed by atoms with Gasteiger partial charge in [-0.15, -0.1) is 0 Å². The minimum Gasteiger partial charge on any atom is -0.392 e. The molecule has 88 valence electrons. The summed E-state index contributed by atoms with van der Waals surface area (Å²) in [5.41, 5.74) is 0.496. The van der Waals surface area contributed by atoms with Crippen molar-refractivity contribution in [2.45, 2.75) is 58.6 Å². The predicted octanol–water partition coefficient (Wildman–Crippen LogP) is 2.27. The van der Waals surface area contributed by atoms with E-state index in [0.717, 1.165) is 31.5 Å². The lowest BCUT2D eigenvalue weighted by Gasteiger charge is -2.42. The fourth-order valence-electron chi connectivity index (χ4n) is 3.67. The van der Waals surface area contributed by atoms with Crippen LogP contribution in [0.3, 0.4) is 0 Å². The molecule has 0 amide bonds. The second-order valence-corrected chi connectivity index (χ2v) is 6.50. The van der Waals surface area contributed by atoms with E-state index in [-0.39, 0.29) is 6.10 Å². The van der Waals surface area contributed by atoms with Gasteiger partial charge in [-0.05, 0) is 37.0 Å². The molecule has 1 aliphatic heterocycles. The summed E-state index contributed by atoms with van der Waals surface area (Å²) in [4.78, 5) is 2.52. The van der Waals surface area contributed by atoms with Gasteiger partial charge in [-0.2, -0.15) is 0 Å². The molecule has 0 radical (unpaired) electrons. The Morgan fingerprint density at radius 3 is 2.53 bits per heavy atom. The number of β-amino-alcohol motifs (C(OH)–C–C–N with tert-alkyl or cyclic N) is 1. The lowest BCUT2D eigenvalue weighted by Crippen LogP contribution is -2.42. The number of aliphatic hydroxyl groups excluding tert-OH is 1. The molecule has 1 N–H and O–H groups in total. The summed E-state index contributed by atoms with van der Waals surface area (Å²) in [5.74, 6) is 0.844. The molecule has 0 spiro atoms. The third kappa shape index (κ3) is 2.73. The minimum absolute atomic E-state index is 0.0645. The van der Waals surface area contributed by atoms with Gasteiger partial charge in [0.15, 0.2) is 0 Å². The van der Waals surface area contributed by atoms with Gasteiger partial charge in [0, 0.05) is 19.1 Å². The van der Waals surface area contributed by atoms with Gasteiger partial charge >= 0.3 is 0 Å². The highest BCUT2D eigenvalue weighted by atomic mass is 16.3. The fourth-order valence-corrected chi connectivity index (χ4v) is 3.67. The zero-order valence-electron chi connectivity index (χ0n) is 10.4. The van der Waals surface area contributed by atoms with E-state index in [4.69, 9.17) is 0 Å². The highest BCUT2D eigenvalue weighted by molar-refractivity contribution is 4.90. The highest BCUT2D eigenvalue weighted by Crippen LogP contribution is 2.41. The Hall–Kier alpha value is -0.0800. The first-order valence-corrected chi connectivity index (χ1v) is 6.38. The molecule has 0 bridgehead atoms. The maximum absolute atomic E-state index is 9.58. The summed E-state index contributed by atoms with van der Waals surface area (Å²) in [5, 5.41) is 9.58. The summed E-state index contributed by atoms with van der Waals surface area (Å²) in [6.45, 7) is 9.17. The third-order valence-electron chi connectivity index (χ3n) is 4.07. The molecule has 2 heteroatoms. The van der Waals surface area contributed by atoms with Crippen molar-refractivity contribution in [1.29, 1.82) is 0 Å². The molecular weight excluding hydrogens is 186 g/mol. The van der Waals surface area contributed by atoms with Gasteiger partial charge in [0.25, 0.3) is 0 Å². The smallest absolute Gasteiger partial charge is 0.0679 e. The second-order valence-electron chi connectivity index (χ2n) is 6.50. The van der Waals surface area contributed by atoms with Crippen molar-refractivity contribution in [3.63, 3.8) is 0 Å². The van der Waals surface area contributed by atoms with Crippen molar-refractivity contribution in [1.82, 2.24) is 4.90 Å². The van der Waals surface area contributed by atoms with E-state index in [1.165, 1.54) is 19.3 Å². The molecule has 3 atom stereocenters. The monoisotopic (exact) mass is 211 g/mol. The van der Waals surface area contributed by atoms with Crippen LogP contribution in [0.25, 0.3) is 0 Å². The van der Waals surface area contributed by atoms with Gasteiger partial charge in [0.2, 0.25) is 0 Å². The Balaban J connectivity index is 1.97. The molecule has 0 aromatic heterocycles. The summed E-state index contributed by atoms with van der Waals surface area (Å²) >= 11 is 0.